The zero-order valence-electron chi connectivity index (χ0n) is 28.2. The number of nitrogens with one attached hydrogen (secondary N) is 1. The normalized spacial score (nSPS) is 11.8. The second-order valence-corrected chi connectivity index (χ2v) is 12.9. The SMILES string of the molecule is c1ccc(-c2ccccc2Nc2ccccc2-c2ccccc2)cc1.c1ccc2c(c1)B1c3ccccc3-c3ccccc3N1c1ccccc1-2. The highest BCUT2D eigenvalue weighted by Gasteiger charge is 2.41. The first-order chi connectivity index (χ1) is 25.3. The van der Waals surface area contributed by atoms with Gasteiger partial charge < -0.3 is 10.1 Å². The molecule has 10 rings (SSSR count). The molecule has 0 spiro atoms. The fourth-order valence-corrected chi connectivity index (χ4v) is 7.71. The van der Waals surface area contributed by atoms with E-state index in [1.165, 1.54) is 66.8 Å². The standard InChI is InChI=1S/C24H16BN.C24H19N/c1-5-13-21-17(9-1)19-11-3-7-15-23(19)26-24-16-8-4-12-20(24)18-10-2-6-14-22(18)25(21)26;1-3-11-19(12-4-1)21-15-7-9-17-23(21)25-24-18-10-8-16-22(24)20-13-5-2-6-14-20/h1-16H;1-18,25H. The van der Waals surface area contributed by atoms with E-state index in [0.717, 1.165) is 11.4 Å². The van der Waals surface area contributed by atoms with Crippen LogP contribution in [0.15, 0.2) is 206 Å². The van der Waals surface area contributed by atoms with E-state index >= 15 is 0 Å². The molecule has 0 aromatic heterocycles. The zero-order valence-corrected chi connectivity index (χ0v) is 28.2. The lowest BCUT2D eigenvalue weighted by Crippen LogP contribution is -2.59. The highest BCUT2D eigenvalue weighted by Crippen LogP contribution is 2.45. The zero-order chi connectivity index (χ0) is 34.0. The van der Waals surface area contributed by atoms with Crippen LogP contribution >= 0.6 is 0 Å². The van der Waals surface area contributed by atoms with Crippen LogP contribution in [0.5, 0.6) is 0 Å². The molecule has 0 bridgehead atoms. The van der Waals surface area contributed by atoms with Gasteiger partial charge >= 0.3 is 6.85 Å². The van der Waals surface area contributed by atoms with E-state index in [4.69, 9.17) is 0 Å². The Morgan fingerprint density at radius 2 is 0.627 bits per heavy atom. The Kier molecular flexibility index (Phi) is 8.00. The van der Waals surface area contributed by atoms with Gasteiger partial charge in [0.2, 0.25) is 0 Å². The van der Waals surface area contributed by atoms with Gasteiger partial charge in [-0.05, 0) is 57.4 Å². The van der Waals surface area contributed by atoms with Crippen LogP contribution in [0.2, 0.25) is 0 Å². The van der Waals surface area contributed by atoms with E-state index in [1.807, 2.05) is 12.1 Å². The van der Waals surface area contributed by atoms with Crippen LogP contribution < -0.4 is 21.1 Å². The molecule has 0 saturated heterocycles. The summed E-state index contributed by atoms with van der Waals surface area (Å²) in [6.45, 7) is 0.215. The second-order valence-electron chi connectivity index (χ2n) is 12.9. The maximum Gasteiger partial charge on any atom is 0.329 e. The topological polar surface area (TPSA) is 15.3 Å². The van der Waals surface area contributed by atoms with Crippen molar-refractivity contribution in [3.63, 3.8) is 0 Å². The fraction of sp³-hybridized carbons (Fsp3) is 0. The molecule has 0 atom stereocenters. The number of rotatable bonds is 4. The minimum Gasteiger partial charge on any atom is -0.376 e. The third-order valence-electron chi connectivity index (χ3n) is 9.97. The fourth-order valence-electron chi connectivity index (χ4n) is 7.71. The van der Waals surface area contributed by atoms with Crippen molar-refractivity contribution in [1.29, 1.82) is 0 Å². The molecular formula is C48H35BN2. The average molecular weight is 651 g/mol. The van der Waals surface area contributed by atoms with Crippen molar-refractivity contribution in [2.24, 2.45) is 0 Å². The van der Waals surface area contributed by atoms with Crippen molar-refractivity contribution in [1.82, 2.24) is 0 Å². The van der Waals surface area contributed by atoms with E-state index in [0.29, 0.717) is 0 Å². The largest absolute Gasteiger partial charge is 0.376 e. The van der Waals surface area contributed by atoms with Crippen LogP contribution in [-0.4, -0.2) is 6.85 Å². The summed E-state index contributed by atoms with van der Waals surface area (Å²) in [5.41, 5.74) is 17.7. The average Bonchev–Trinajstić information content (AvgIpc) is 3.22. The van der Waals surface area contributed by atoms with Gasteiger partial charge in [0.05, 0.1) is 0 Å². The maximum absolute atomic E-state index is 3.64. The Hall–Kier alpha value is -6.58. The molecule has 2 aliphatic rings. The van der Waals surface area contributed by atoms with Gasteiger partial charge in [-0.15, -0.1) is 0 Å². The summed E-state index contributed by atoms with van der Waals surface area (Å²) in [4.78, 5) is 2.52. The highest BCUT2D eigenvalue weighted by molar-refractivity contribution is 6.92. The maximum atomic E-state index is 3.64. The molecule has 240 valence electrons. The first-order valence-electron chi connectivity index (χ1n) is 17.6. The minimum absolute atomic E-state index is 0.215. The second kappa shape index (κ2) is 13.4. The van der Waals surface area contributed by atoms with Crippen molar-refractivity contribution in [3.05, 3.63) is 206 Å². The Morgan fingerprint density at radius 3 is 1.08 bits per heavy atom. The predicted molar refractivity (Wildman–Crippen MR) is 218 cm³/mol. The molecule has 51 heavy (non-hydrogen) atoms. The van der Waals surface area contributed by atoms with Crippen molar-refractivity contribution < 1.29 is 0 Å². The van der Waals surface area contributed by atoms with Gasteiger partial charge in [0.25, 0.3) is 0 Å². The van der Waals surface area contributed by atoms with Gasteiger partial charge in [0, 0.05) is 45.0 Å². The highest BCUT2D eigenvalue weighted by atomic mass is 15.1. The molecule has 2 aliphatic heterocycles. The number of anilines is 4. The van der Waals surface area contributed by atoms with Crippen LogP contribution in [0.4, 0.5) is 22.7 Å². The molecule has 0 unspecified atom stereocenters. The lowest BCUT2D eigenvalue weighted by atomic mass is 9.43. The summed E-state index contributed by atoms with van der Waals surface area (Å²) < 4.78 is 0. The third-order valence-corrected chi connectivity index (χ3v) is 9.97. The first-order valence-corrected chi connectivity index (χ1v) is 17.6. The van der Waals surface area contributed by atoms with Crippen molar-refractivity contribution in [2.45, 2.75) is 0 Å². The van der Waals surface area contributed by atoms with Gasteiger partial charge in [-0.2, -0.15) is 0 Å². The molecule has 2 heterocycles. The smallest absolute Gasteiger partial charge is 0.329 e. The number of nitrogens with zero attached hydrogens (tertiary/aromatic N) is 1. The van der Waals surface area contributed by atoms with E-state index in [1.54, 1.807) is 0 Å². The summed E-state index contributed by atoms with van der Waals surface area (Å²) in [6, 6.07) is 73.1. The summed E-state index contributed by atoms with van der Waals surface area (Å²) in [7, 11) is 0. The Morgan fingerprint density at radius 1 is 0.294 bits per heavy atom. The van der Waals surface area contributed by atoms with E-state index in [2.05, 4.69) is 204 Å². The number of hydrogen-bond donors (Lipinski definition) is 1. The van der Waals surface area contributed by atoms with Crippen molar-refractivity contribution in [2.75, 3.05) is 10.1 Å². The van der Waals surface area contributed by atoms with Crippen LogP contribution in [0.1, 0.15) is 0 Å². The summed E-state index contributed by atoms with van der Waals surface area (Å²) >= 11 is 0. The molecule has 3 heteroatoms. The van der Waals surface area contributed by atoms with Gasteiger partial charge in [-0.25, -0.2) is 0 Å². The molecule has 8 aromatic carbocycles. The quantitative estimate of drug-likeness (QED) is 0.191. The van der Waals surface area contributed by atoms with E-state index < -0.39 is 0 Å². The molecule has 1 N–H and O–H groups in total. The summed E-state index contributed by atoms with van der Waals surface area (Å²) in [5, 5.41) is 3.64. The summed E-state index contributed by atoms with van der Waals surface area (Å²) in [5.74, 6) is 0. The Labute approximate surface area is 300 Å². The van der Waals surface area contributed by atoms with E-state index in [-0.39, 0.29) is 6.85 Å². The first kappa shape index (κ1) is 30.5. The predicted octanol–water partition coefficient (Wildman–Crippen LogP) is 11.4. The van der Waals surface area contributed by atoms with Gasteiger partial charge in [0.15, 0.2) is 0 Å². The number of fused-ring (bicyclic) bond motifs is 11. The van der Waals surface area contributed by atoms with Crippen molar-refractivity contribution in [3.8, 4) is 44.5 Å². The molecule has 8 aromatic rings. The number of benzene rings is 8. The van der Waals surface area contributed by atoms with Crippen molar-refractivity contribution >= 4 is 40.5 Å². The minimum atomic E-state index is 0.215. The van der Waals surface area contributed by atoms with Crippen LogP contribution in [0.3, 0.4) is 0 Å². The molecule has 0 amide bonds. The number of para-hydroxylation sites is 4. The third kappa shape index (κ3) is 5.59. The Balaban J connectivity index is 0.000000137. The summed E-state index contributed by atoms with van der Waals surface area (Å²) in [6.07, 6.45) is 0. The monoisotopic (exact) mass is 650 g/mol. The molecule has 0 aliphatic carbocycles. The van der Waals surface area contributed by atoms with Crippen LogP contribution in [0.25, 0.3) is 44.5 Å². The van der Waals surface area contributed by atoms with E-state index in [9.17, 15) is 0 Å². The molecule has 2 nitrogen and oxygen atoms in total. The Bertz CT molecular complexity index is 2210. The molecule has 0 fully saturated rings. The van der Waals surface area contributed by atoms with Gasteiger partial charge in [-0.1, -0.05) is 182 Å². The van der Waals surface area contributed by atoms with Crippen LogP contribution in [0, 0.1) is 0 Å². The lowest BCUT2D eigenvalue weighted by molar-refractivity contribution is 1.35. The van der Waals surface area contributed by atoms with Crippen LogP contribution in [-0.2, 0) is 0 Å². The van der Waals surface area contributed by atoms with Gasteiger partial charge in [0.1, 0.15) is 0 Å². The molecule has 0 radical (unpaired) electrons. The lowest BCUT2D eigenvalue weighted by Gasteiger charge is -2.43. The number of hydrogen-bond acceptors (Lipinski definition) is 2. The molecular weight excluding hydrogens is 615 g/mol. The van der Waals surface area contributed by atoms with Gasteiger partial charge in [-0.3, -0.25) is 0 Å². The molecule has 0 saturated carbocycles.